The molecule has 1 fully saturated rings. The molecule has 88 valence electrons. The van der Waals surface area contributed by atoms with Crippen molar-refractivity contribution in [3.63, 3.8) is 0 Å². The molecular formula is C13H20N2O. The third kappa shape index (κ3) is 1.67. The molecule has 1 aromatic rings. The fourth-order valence-corrected chi connectivity index (χ4v) is 3.06. The molecule has 0 aliphatic carbocycles. The number of ether oxygens (including phenoxy) is 1. The van der Waals surface area contributed by atoms with Crippen LogP contribution in [0.15, 0.2) is 6.20 Å². The number of rotatable bonds is 1. The largest absolute Gasteiger partial charge is 0.381 e. The molecule has 1 aromatic heterocycles. The summed E-state index contributed by atoms with van der Waals surface area (Å²) in [5.41, 5.74) is 1.43. The highest BCUT2D eigenvalue weighted by Gasteiger charge is 2.26. The van der Waals surface area contributed by atoms with Gasteiger partial charge in [-0.15, -0.1) is 0 Å². The summed E-state index contributed by atoms with van der Waals surface area (Å²) in [6, 6.07) is 0.628. The molecule has 3 heteroatoms. The number of imidazole rings is 1. The molecule has 0 saturated carbocycles. The van der Waals surface area contributed by atoms with Crippen molar-refractivity contribution in [2.75, 3.05) is 13.2 Å². The van der Waals surface area contributed by atoms with Gasteiger partial charge in [-0.25, -0.2) is 4.98 Å². The van der Waals surface area contributed by atoms with Crippen LogP contribution in [0.4, 0.5) is 0 Å². The second kappa shape index (κ2) is 4.21. The van der Waals surface area contributed by atoms with Gasteiger partial charge in [-0.1, -0.05) is 0 Å². The maximum atomic E-state index is 5.58. The van der Waals surface area contributed by atoms with Gasteiger partial charge in [0.1, 0.15) is 5.82 Å². The van der Waals surface area contributed by atoms with Crippen LogP contribution < -0.4 is 0 Å². The Bertz CT molecular complexity index is 366. The molecule has 2 atom stereocenters. The van der Waals surface area contributed by atoms with Crippen molar-refractivity contribution in [1.82, 2.24) is 9.55 Å². The Kier molecular flexibility index (Phi) is 2.72. The molecular weight excluding hydrogens is 200 g/mol. The van der Waals surface area contributed by atoms with Gasteiger partial charge >= 0.3 is 0 Å². The lowest BCUT2D eigenvalue weighted by Gasteiger charge is -2.28. The van der Waals surface area contributed by atoms with E-state index in [2.05, 4.69) is 22.7 Å². The van der Waals surface area contributed by atoms with Gasteiger partial charge in [-0.2, -0.15) is 0 Å². The molecule has 0 bridgehead atoms. The van der Waals surface area contributed by atoms with Gasteiger partial charge in [0.05, 0.1) is 6.61 Å². The van der Waals surface area contributed by atoms with Gasteiger partial charge in [0, 0.05) is 30.5 Å². The van der Waals surface area contributed by atoms with Gasteiger partial charge in [0.15, 0.2) is 0 Å². The highest BCUT2D eigenvalue weighted by Crippen LogP contribution is 2.32. The van der Waals surface area contributed by atoms with Crippen molar-refractivity contribution in [3.05, 3.63) is 17.7 Å². The van der Waals surface area contributed by atoms with Crippen LogP contribution in [0.2, 0.25) is 0 Å². The Morgan fingerprint density at radius 3 is 3.12 bits per heavy atom. The summed E-state index contributed by atoms with van der Waals surface area (Å²) in [6.45, 7) is 4.11. The minimum atomic E-state index is 0.531. The highest BCUT2D eigenvalue weighted by molar-refractivity contribution is 5.13. The minimum absolute atomic E-state index is 0.531. The smallest absolute Gasteiger partial charge is 0.114 e. The Morgan fingerprint density at radius 2 is 2.31 bits per heavy atom. The molecule has 0 amide bonds. The molecule has 3 heterocycles. The Hall–Kier alpha value is -0.830. The van der Waals surface area contributed by atoms with Gasteiger partial charge in [-0.05, 0) is 39.0 Å². The maximum Gasteiger partial charge on any atom is 0.114 e. The molecule has 0 spiro atoms. The number of hydrogen-bond donors (Lipinski definition) is 0. The zero-order valence-corrected chi connectivity index (χ0v) is 9.98. The van der Waals surface area contributed by atoms with E-state index in [0.29, 0.717) is 12.0 Å². The molecule has 0 N–H and O–H groups in total. The van der Waals surface area contributed by atoms with Gasteiger partial charge in [0.2, 0.25) is 0 Å². The van der Waals surface area contributed by atoms with Gasteiger partial charge < -0.3 is 9.30 Å². The van der Waals surface area contributed by atoms with Crippen molar-refractivity contribution in [2.45, 2.75) is 51.0 Å². The second-order valence-corrected chi connectivity index (χ2v) is 5.13. The quantitative estimate of drug-likeness (QED) is 0.727. The lowest BCUT2D eigenvalue weighted by atomic mass is 9.99. The lowest BCUT2D eigenvalue weighted by molar-refractivity contribution is 0.0763. The number of aromatic nitrogens is 2. The minimum Gasteiger partial charge on any atom is -0.381 e. The third-order valence-electron chi connectivity index (χ3n) is 3.92. The summed E-state index contributed by atoms with van der Waals surface area (Å²) in [5, 5.41) is 0. The van der Waals surface area contributed by atoms with Crippen molar-refractivity contribution >= 4 is 0 Å². The fraction of sp³-hybridized carbons (Fsp3) is 0.769. The predicted octanol–water partition coefficient (Wildman–Crippen LogP) is 2.67. The van der Waals surface area contributed by atoms with Crippen molar-refractivity contribution in [1.29, 1.82) is 0 Å². The predicted molar refractivity (Wildman–Crippen MR) is 62.7 cm³/mol. The van der Waals surface area contributed by atoms with Crippen LogP contribution in [0, 0.1) is 0 Å². The van der Waals surface area contributed by atoms with E-state index < -0.39 is 0 Å². The topological polar surface area (TPSA) is 27.1 Å². The van der Waals surface area contributed by atoms with E-state index in [1.54, 1.807) is 0 Å². The Morgan fingerprint density at radius 1 is 1.38 bits per heavy atom. The first-order chi connectivity index (χ1) is 7.86. The van der Waals surface area contributed by atoms with E-state index in [9.17, 15) is 0 Å². The van der Waals surface area contributed by atoms with Crippen LogP contribution >= 0.6 is 0 Å². The summed E-state index contributed by atoms with van der Waals surface area (Å²) in [6.07, 6.45) is 8.31. The molecule has 3 rings (SSSR count). The van der Waals surface area contributed by atoms with E-state index in [1.165, 1.54) is 43.6 Å². The van der Waals surface area contributed by atoms with Crippen molar-refractivity contribution < 1.29 is 4.74 Å². The number of nitrogens with zero attached hydrogens (tertiary/aromatic N) is 2. The molecule has 16 heavy (non-hydrogen) atoms. The van der Waals surface area contributed by atoms with Gasteiger partial charge in [0.25, 0.3) is 0 Å². The Balaban J connectivity index is 1.91. The molecule has 1 saturated heterocycles. The van der Waals surface area contributed by atoms with Crippen molar-refractivity contribution in [2.24, 2.45) is 0 Å². The van der Waals surface area contributed by atoms with E-state index >= 15 is 0 Å². The van der Waals surface area contributed by atoms with Crippen LogP contribution in [0.1, 0.15) is 56.1 Å². The Labute approximate surface area is 96.8 Å². The summed E-state index contributed by atoms with van der Waals surface area (Å²) in [4.78, 5) is 4.65. The molecule has 2 unspecified atom stereocenters. The summed E-state index contributed by atoms with van der Waals surface area (Å²) >= 11 is 0. The standard InChI is InChI=1S/C13H20N2O/c1-10-4-2-6-12-8-14-13(15(10)12)11-5-3-7-16-9-11/h8,10-11H,2-7,9H2,1H3. The fourth-order valence-electron chi connectivity index (χ4n) is 3.06. The SMILES string of the molecule is CC1CCCc2cnc(C3CCCOC3)n21. The molecule has 3 nitrogen and oxygen atoms in total. The first kappa shape index (κ1) is 10.3. The van der Waals surface area contributed by atoms with E-state index in [-0.39, 0.29) is 0 Å². The average Bonchev–Trinajstić information content (AvgIpc) is 2.75. The van der Waals surface area contributed by atoms with Crippen LogP contribution in [0.3, 0.4) is 0 Å². The van der Waals surface area contributed by atoms with Gasteiger partial charge in [-0.3, -0.25) is 0 Å². The second-order valence-electron chi connectivity index (χ2n) is 5.13. The van der Waals surface area contributed by atoms with Crippen LogP contribution in [0.5, 0.6) is 0 Å². The first-order valence-electron chi connectivity index (χ1n) is 6.50. The summed E-state index contributed by atoms with van der Waals surface area (Å²) in [5.74, 6) is 1.81. The molecule has 0 radical (unpaired) electrons. The molecule has 2 aliphatic heterocycles. The molecule has 0 aromatic carbocycles. The summed E-state index contributed by atoms with van der Waals surface area (Å²) in [7, 11) is 0. The normalized spacial score (nSPS) is 30.1. The number of fused-ring (bicyclic) bond motifs is 1. The molecule has 2 aliphatic rings. The summed E-state index contributed by atoms with van der Waals surface area (Å²) < 4.78 is 8.05. The highest BCUT2D eigenvalue weighted by atomic mass is 16.5. The zero-order chi connectivity index (χ0) is 11.0. The van der Waals surface area contributed by atoms with E-state index in [1.807, 2.05) is 0 Å². The lowest BCUT2D eigenvalue weighted by Crippen LogP contribution is -2.23. The van der Waals surface area contributed by atoms with Crippen LogP contribution in [0.25, 0.3) is 0 Å². The van der Waals surface area contributed by atoms with Crippen molar-refractivity contribution in [3.8, 4) is 0 Å². The monoisotopic (exact) mass is 220 g/mol. The number of hydrogen-bond acceptors (Lipinski definition) is 2. The van der Waals surface area contributed by atoms with E-state index in [0.717, 1.165) is 13.2 Å². The van der Waals surface area contributed by atoms with Crippen LogP contribution in [-0.2, 0) is 11.2 Å². The first-order valence-corrected chi connectivity index (χ1v) is 6.50. The maximum absolute atomic E-state index is 5.58. The number of aryl methyl sites for hydroxylation is 1. The zero-order valence-electron chi connectivity index (χ0n) is 9.98. The average molecular weight is 220 g/mol. The van der Waals surface area contributed by atoms with Crippen LogP contribution in [-0.4, -0.2) is 22.8 Å². The third-order valence-corrected chi connectivity index (χ3v) is 3.92. The van der Waals surface area contributed by atoms with E-state index in [4.69, 9.17) is 4.74 Å².